The van der Waals surface area contributed by atoms with E-state index in [0.29, 0.717) is 18.0 Å². The van der Waals surface area contributed by atoms with Crippen LogP contribution in [0.4, 0.5) is 5.69 Å². The van der Waals surface area contributed by atoms with E-state index < -0.39 is 0 Å². The number of fused-ring (bicyclic) bond motifs is 3. The van der Waals surface area contributed by atoms with Crippen LogP contribution >= 0.6 is 11.6 Å². The van der Waals surface area contributed by atoms with Gasteiger partial charge < -0.3 is 5.32 Å². The summed E-state index contributed by atoms with van der Waals surface area (Å²) in [5.41, 5.74) is 9.10. The van der Waals surface area contributed by atoms with Gasteiger partial charge >= 0.3 is 0 Å². The average Bonchev–Trinajstić information content (AvgIpc) is 2.61. The highest BCUT2D eigenvalue weighted by Gasteiger charge is 2.37. The first-order valence-electron chi connectivity index (χ1n) is 5.30. The molecule has 3 N–H and O–H groups in total. The first-order chi connectivity index (χ1) is 7.25. The van der Waals surface area contributed by atoms with Gasteiger partial charge in [0.25, 0.3) is 0 Å². The van der Waals surface area contributed by atoms with Crippen LogP contribution in [0, 0.1) is 5.92 Å². The third-order valence-electron chi connectivity index (χ3n) is 3.41. The number of rotatable bonds is 0. The van der Waals surface area contributed by atoms with E-state index in [0.717, 1.165) is 11.6 Å². The predicted molar refractivity (Wildman–Crippen MR) is 61.9 cm³/mol. The molecule has 1 fully saturated rings. The molecule has 0 aliphatic carbocycles. The summed E-state index contributed by atoms with van der Waals surface area (Å²) in [4.78, 5) is 0. The first kappa shape index (κ1) is 9.46. The minimum Gasteiger partial charge on any atom is -0.384 e. The largest absolute Gasteiger partial charge is 0.384 e. The number of nitrogens with one attached hydrogen (secondary N) is 3. The number of benzene rings is 1. The fourth-order valence-electron chi connectivity index (χ4n) is 2.51. The summed E-state index contributed by atoms with van der Waals surface area (Å²) in [5, 5.41) is 4.26. The zero-order valence-electron chi connectivity index (χ0n) is 8.55. The lowest BCUT2D eigenvalue weighted by atomic mass is 9.86. The van der Waals surface area contributed by atoms with Gasteiger partial charge in [-0.1, -0.05) is 11.6 Å². The molecule has 2 heterocycles. The van der Waals surface area contributed by atoms with Gasteiger partial charge in [0.1, 0.15) is 0 Å². The van der Waals surface area contributed by atoms with Gasteiger partial charge in [0, 0.05) is 29.2 Å². The lowest BCUT2D eigenvalue weighted by Gasteiger charge is -2.30. The molecular formula is C11H14ClN3. The van der Waals surface area contributed by atoms with Gasteiger partial charge in [0.05, 0.1) is 6.04 Å². The monoisotopic (exact) mass is 223 g/mol. The molecular weight excluding hydrogens is 210 g/mol. The molecule has 3 rings (SSSR count). The first-order valence-corrected chi connectivity index (χ1v) is 5.68. The van der Waals surface area contributed by atoms with E-state index >= 15 is 0 Å². The van der Waals surface area contributed by atoms with E-state index in [1.807, 2.05) is 12.1 Å². The molecule has 0 radical (unpaired) electrons. The van der Waals surface area contributed by atoms with Crippen LogP contribution in [0.15, 0.2) is 18.2 Å². The molecule has 0 aromatic heterocycles. The van der Waals surface area contributed by atoms with E-state index in [-0.39, 0.29) is 0 Å². The van der Waals surface area contributed by atoms with Crippen molar-refractivity contribution in [2.45, 2.75) is 19.0 Å². The van der Waals surface area contributed by atoms with Crippen molar-refractivity contribution in [3.05, 3.63) is 28.8 Å². The molecule has 1 aromatic carbocycles. The fourth-order valence-corrected chi connectivity index (χ4v) is 2.69. The summed E-state index contributed by atoms with van der Waals surface area (Å²) in [5.74, 6) is 0.593. The van der Waals surface area contributed by atoms with Gasteiger partial charge in [0.2, 0.25) is 0 Å². The van der Waals surface area contributed by atoms with Crippen LogP contribution in [-0.4, -0.2) is 12.6 Å². The Morgan fingerprint density at radius 3 is 3.07 bits per heavy atom. The lowest BCUT2D eigenvalue weighted by Crippen LogP contribution is -2.31. The molecule has 15 heavy (non-hydrogen) atoms. The highest BCUT2D eigenvalue weighted by atomic mass is 35.5. The number of hydrazine groups is 1. The zero-order chi connectivity index (χ0) is 10.4. The Labute approximate surface area is 94.2 Å². The van der Waals surface area contributed by atoms with Gasteiger partial charge in [-0.2, -0.15) is 0 Å². The highest BCUT2D eigenvalue weighted by Crippen LogP contribution is 2.38. The number of hydrogen-bond donors (Lipinski definition) is 3. The SMILES string of the molecule is CC1NNC2c3cc(Cl)ccc3NCC12. The molecule has 2 aliphatic rings. The van der Waals surface area contributed by atoms with Crippen molar-refractivity contribution >= 4 is 17.3 Å². The van der Waals surface area contributed by atoms with Crippen molar-refractivity contribution < 1.29 is 0 Å². The highest BCUT2D eigenvalue weighted by molar-refractivity contribution is 6.30. The van der Waals surface area contributed by atoms with Crippen LogP contribution < -0.4 is 16.2 Å². The fraction of sp³-hybridized carbons (Fsp3) is 0.455. The Bertz CT molecular complexity index is 393. The van der Waals surface area contributed by atoms with Crippen LogP contribution in [0.5, 0.6) is 0 Å². The average molecular weight is 224 g/mol. The normalized spacial score (nSPS) is 33.1. The van der Waals surface area contributed by atoms with Gasteiger partial charge in [-0.25, -0.2) is 5.43 Å². The van der Waals surface area contributed by atoms with Crippen molar-refractivity contribution in [3.8, 4) is 0 Å². The molecule has 1 saturated heterocycles. The molecule has 1 aromatic rings. The topological polar surface area (TPSA) is 36.1 Å². The summed E-state index contributed by atoms with van der Waals surface area (Å²) < 4.78 is 0. The van der Waals surface area contributed by atoms with Crippen molar-refractivity contribution in [3.63, 3.8) is 0 Å². The minimum absolute atomic E-state index is 0.384. The molecule has 0 spiro atoms. The molecule has 3 unspecified atom stereocenters. The van der Waals surface area contributed by atoms with Gasteiger partial charge in [0.15, 0.2) is 0 Å². The van der Waals surface area contributed by atoms with Gasteiger partial charge in [-0.15, -0.1) is 0 Å². The quantitative estimate of drug-likeness (QED) is 0.629. The van der Waals surface area contributed by atoms with E-state index in [2.05, 4.69) is 29.2 Å². The van der Waals surface area contributed by atoms with E-state index in [1.165, 1.54) is 11.3 Å². The van der Waals surface area contributed by atoms with Gasteiger partial charge in [-0.05, 0) is 30.7 Å². The molecule has 3 atom stereocenters. The van der Waals surface area contributed by atoms with Gasteiger partial charge in [-0.3, -0.25) is 5.43 Å². The van der Waals surface area contributed by atoms with Crippen LogP contribution in [0.3, 0.4) is 0 Å². The summed E-state index contributed by atoms with van der Waals surface area (Å²) >= 11 is 6.03. The third-order valence-corrected chi connectivity index (χ3v) is 3.65. The maximum Gasteiger partial charge on any atom is 0.0543 e. The second-order valence-electron chi connectivity index (χ2n) is 4.33. The molecule has 4 heteroatoms. The lowest BCUT2D eigenvalue weighted by molar-refractivity contribution is 0.444. The Morgan fingerprint density at radius 1 is 1.33 bits per heavy atom. The Kier molecular flexibility index (Phi) is 2.12. The van der Waals surface area contributed by atoms with Crippen molar-refractivity contribution in [2.75, 3.05) is 11.9 Å². The van der Waals surface area contributed by atoms with Crippen LogP contribution in [0.1, 0.15) is 18.5 Å². The van der Waals surface area contributed by atoms with Crippen LogP contribution in [0.2, 0.25) is 5.02 Å². The zero-order valence-corrected chi connectivity index (χ0v) is 9.31. The van der Waals surface area contributed by atoms with Crippen LogP contribution in [-0.2, 0) is 0 Å². The van der Waals surface area contributed by atoms with Crippen molar-refractivity contribution in [2.24, 2.45) is 5.92 Å². The Hall–Kier alpha value is -0.770. The standard InChI is InChI=1S/C11H14ClN3/c1-6-9-5-13-10-3-2-7(12)4-8(10)11(9)15-14-6/h2-4,6,9,11,13-15H,5H2,1H3. The van der Waals surface area contributed by atoms with E-state index in [1.54, 1.807) is 0 Å². The molecule has 0 saturated carbocycles. The number of hydrogen-bond acceptors (Lipinski definition) is 3. The summed E-state index contributed by atoms with van der Waals surface area (Å²) in [6.07, 6.45) is 0. The molecule has 80 valence electrons. The summed E-state index contributed by atoms with van der Waals surface area (Å²) in [6.45, 7) is 3.22. The summed E-state index contributed by atoms with van der Waals surface area (Å²) in [7, 11) is 0. The van der Waals surface area contributed by atoms with E-state index in [9.17, 15) is 0 Å². The van der Waals surface area contributed by atoms with Crippen molar-refractivity contribution in [1.82, 2.24) is 10.9 Å². The minimum atomic E-state index is 0.384. The second kappa shape index (κ2) is 3.37. The maximum absolute atomic E-state index is 6.03. The number of anilines is 1. The second-order valence-corrected chi connectivity index (χ2v) is 4.77. The number of halogens is 1. The molecule has 2 aliphatic heterocycles. The molecule has 3 nitrogen and oxygen atoms in total. The predicted octanol–water partition coefficient (Wildman–Crippen LogP) is 1.92. The molecule has 0 amide bonds. The maximum atomic E-state index is 6.03. The van der Waals surface area contributed by atoms with E-state index in [4.69, 9.17) is 11.6 Å². The third kappa shape index (κ3) is 1.42. The molecule has 0 bridgehead atoms. The Morgan fingerprint density at radius 2 is 2.20 bits per heavy atom. The smallest absolute Gasteiger partial charge is 0.0543 e. The Balaban J connectivity index is 2.04. The van der Waals surface area contributed by atoms with Crippen LogP contribution in [0.25, 0.3) is 0 Å². The van der Waals surface area contributed by atoms with Crippen molar-refractivity contribution in [1.29, 1.82) is 0 Å². The summed E-state index contributed by atoms with van der Waals surface area (Å²) in [6, 6.07) is 6.91.